The van der Waals surface area contributed by atoms with Gasteiger partial charge in [-0.05, 0) is 30.2 Å². The molecule has 0 unspecified atom stereocenters. The standard InChI is InChI=1S/C16H21N5O3S/c17-25(22,23)14-3-1-13(2-4-14)5-7-18-16-19-8-6-15(20-16)21-9-11-24-12-10-21/h1-4,6,8H,5,7,9-12H2,(H2,17,22,23)(H,18,19,20). The molecule has 0 saturated carbocycles. The molecule has 1 aromatic carbocycles. The molecule has 3 rings (SSSR count). The number of aromatic nitrogens is 2. The van der Waals surface area contributed by atoms with E-state index in [9.17, 15) is 8.42 Å². The van der Waals surface area contributed by atoms with Gasteiger partial charge < -0.3 is 15.0 Å². The summed E-state index contributed by atoms with van der Waals surface area (Å²) in [5.74, 6) is 1.46. The Morgan fingerprint density at radius 3 is 2.56 bits per heavy atom. The predicted octanol–water partition coefficient (Wildman–Crippen LogP) is 0.615. The molecule has 1 aliphatic heterocycles. The molecule has 0 spiro atoms. The first-order chi connectivity index (χ1) is 12.0. The van der Waals surface area contributed by atoms with Crippen LogP contribution in [0.4, 0.5) is 11.8 Å². The maximum absolute atomic E-state index is 11.2. The lowest BCUT2D eigenvalue weighted by Gasteiger charge is -2.27. The number of ether oxygens (including phenoxy) is 1. The van der Waals surface area contributed by atoms with Crippen LogP contribution in [0, 0.1) is 0 Å². The van der Waals surface area contributed by atoms with Gasteiger partial charge in [-0.1, -0.05) is 12.1 Å². The first kappa shape index (κ1) is 17.6. The molecular weight excluding hydrogens is 342 g/mol. The summed E-state index contributed by atoms with van der Waals surface area (Å²) < 4.78 is 27.8. The van der Waals surface area contributed by atoms with Crippen LogP contribution in [0.25, 0.3) is 0 Å². The summed E-state index contributed by atoms with van der Waals surface area (Å²) in [6.45, 7) is 3.71. The molecule has 1 aliphatic rings. The normalized spacial score (nSPS) is 15.2. The van der Waals surface area contributed by atoms with Crippen LogP contribution in [-0.2, 0) is 21.2 Å². The van der Waals surface area contributed by atoms with Crippen molar-refractivity contribution in [2.24, 2.45) is 5.14 Å². The van der Waals surface area contributed by atoms with Crippen molar-refractivity contribution in [1.29, 1.82) is 0 Å². The van der Waals surface area contributed by atoms with Crippen LogP contribution in [0.2, 0.25) is 0 Å². The first-order valence-electron chi connectivity index (χ1n) is 8.04. The molecule has 0 amide bonds. The van der Waals surface area contributed by atoms with Crippen molar-refractivity contribution in [3.8, 4) is 0 Å². The number of morpholine rings is 1. The van der Waals surface area contributed by atoms with Crippen LogP contribution in [0.5, 0.6) is 0 Å². The second-order valence-corrected chi connectivity index (χ2v) is 7.27. The minimum atomic E-state index is -3.65. The van der Waals surface area contributed by atoms with E-state index in [2.05, 4.69) is 20.2 Å². The lowest BCUT2D eigenvalue weighted by molar-refractivity contribution is 0.122. The molecule has 3 N–H and O–H groups in total. The molecule has 0 bridgehead atoms. The van der Waals surface area contributed by atoms with Crippen LogP contribution in [0.1, 0.15) is 5.56 Å². The topological polar surface area (TPSA) is 110 Å². The molecule has 2 aromatic rings. The summed E-state index contributed by atoms with van der Waals surface area (Å²) in [6.07, 6.45) is 2.46. The lowest BCUT2D eigenvalue weighted by Crippen LogP contribution is -2.36. The highest BCUT2D eigenvalue weighted by molar-refractivity contribution is 7.89. The fourth-order valence-corrected chi connectivity index (χ4v) is 3.08. The molecule has 9 heteroatoms. The summed E-state index contributed by atoms with van der Waals surface area (Å²) in [7, 11) is -3.65. The molecule has 8 nitrogen and oxygen atoms in total. The predicted molar refractivity (Wildman–Crippen MR) is 95.1 cm³/mol. The molecule has 134 valence electrons. The minimum absolute atomic E-state index is 0.116. The monoisotopic (exact) mass is 363 g/mol. The number of nitrogens with zero attached hydrogens (tertiary/aromatic N) is 3. The summed E-state index contributed by atoms with van der Waals surface area (Å²) >= 11 is 0. The minimum Gasteiger partial charge on any atom is -0.378 e. The average Bonchev–Trinajstić information content (AvgIpc) is 2.62. The first-order valence-corrected chi connectivity index (χ1v) is 9.58. The van der Waals surface area contributed by atoms with Crippen molar-refractivity contribution in [2.45, 2.75) is 11.3 Å². The van der Waals surface area contributed by atoms with E-state index in [1.165, 1.54) is 12.1 Å². The van der Waals surface area contributed by atoms with Gasteiger partial charge in [0.1, 0.15) is 5.82 Å². The molecule has 2 heterocycles. The SMILES string of the molecule is NS(=O)(=O)c1ccc(CCNc2nccc(N3CCOCC3)n2)cc1. The smallest absolute Gasteiger partial charge is 0.238 e. The van der Waals surface area contributed by atoms with E-state index < -0.39 is 10.0 Å². The van der Waals surface area contributed by atoms with Gasteiger partial charge in [-0.3, -0.25) is 0 Å². The summed E-state index contributed by atoms with van der Waals surface area (Å²) in [5.41, 5.74) is 1.00. The van der Waals surface area contributed by atoms with Gasteiger partial charge >= 0.3 is 0 Å². The Hall–Kier alpha value is -2.23. The summed E-state index contributed by atoms with van der Waals surface area (Å²) in [6, 6.07) is 8.43. The Morgan fingerprint density at radius 2 is 1.88 bits per heavy atom. The molecule has 1 saturated heterocycles. The van der Waals surface area contributed by atoms with E-state index in [-0.39, 0.29) is 4.90 Å². The zero-order valence-corrected chi connectivity index (χ0v) is 14.6. The molecule has 1 aromatic heterocycles. The van der Waals surface area contributed by atoms with Crippen molar-refractivity contribution < 1.29 is 13.2 Å². The quantitative estimate of drug-likeness (QED) is 0.774. The second kappa shape index (κ2) is 7.77. The molecular formula is C16H21N5O3S. The van der Waals surface area contributed by atoms with Crippen LogP contribution in [-0.4, -0.2) is 51.2 Å². The lowest BCUT2D eigenvalue weighted by atomic mass is 10.1. The van der Waals surface area contributed by atoms with Crippen LogP contribution >= 0.6 is 0 Å². The fourth-order valence-electron chi connectivity index (χ4n) is 2.57. The number of sulfonamides is 1. The van der Waals surface area contributed by atoms with E-state index in [1.807, 2.05) is 6.07 Å². The highest BCUT2D eigenvalue weighted by Gasteiger charge is 2.13. The Morgan fingerprint density at radius 1 is 1.16 bits per heavy atom. The second-order valence-electron chi connectivity index (χ2n) is 5.70. The van der Waals surface area contributed by atoms with Gasteiger partial charge in [0.25, 0.3) is 0 Å². The highest BCUT2D eigenvalue weighted by atomic mass is 32.2. The molecule has 0 atom stereocenters. The van der Waals surface area contributed by atoms with E-state index in [1.54, 1.807) is 18.3 Å². The van der Waals surface area contributed by atoms with E-state index in [0.717, 1.165) is 30.9 Å². The van der Waals surface area contributed by atoms with Crippen molar-refractivity contribution >= 4 is 21.8 Å². The van der Waals surface area contributed by atoms with Gasteiger partial charge in [0.2, 0.25) is 16.0 Å². The number of rotatable bonds is 6. The fraction of sp³-hybridized carbons (Fsp3) is 0.375. The third-order valence-corrected chi connectivity index (χ3v) is 4.85. The molecule has 1 fully saturated rings. The number of nitrogens with one attached hydrogen (secondary N) is 1. The number of hydrogen-bond donors (Lipinski definition) is 2. The number of nitrogens with two attached hydrogens (primary N) is 1. The van der Waals surface area contributed by atoms with Crippen LogP contribution < -0.4 is 15.4 Å². The molecule has 0 aliphatic carbocycles. The van der Waals surface area contributed by atoms with E-state index in [0.29, 0.717) is 25.7 Å². The van der Waals surface area contributed by atoms with E-state index in [4.69, 9.17) is 9.88 Å². The number of benzene rings is 1. The van der Waals surface area contributed by atoms with Gasteiger partial charge in [0, 0.05) is 25.8 Å². The average molecular weight is 363 g/mol. The number of primary sulfonamides is 1. The highest BCUT2D eigenvalue weighted by Crippen LogP contribution is 2.14. The number of hydrogen-bond acceptors (Lipinski definition) is 7. The third-order valence-electron chi connectivity index (χ3n) is 3.92. The Bertz CT molecular complexity index is 805. The molecule has 0 radical (unpaired) electrons. The zero-order valence-electron chi connectivity index (χ0n) is 13.8. The van der Waals surface area contributed by atoms with Gasteiger partial charge in [-0.2, -0.15) is 4.98 Å². The summed E-state index contributed by atoms with van der Waals surface area (Å²) in [4.78, 5) is 11.0. The van der Waals surface area contributed by atoms with Crippen LogP contribution in [0.15, 0.2) is 41.4 Å². The van der Waals surface area contributed by atoms with Gasteiger partial charge in [0.15, 0.2) is 0 Å². The maximum atomic E-state index is 11.2. The zero-order chi connectivity index (χ0) is 17.7. The van der Waals surface area contributed by atoms with Crippen molar-refractivity contribution in [1.82, 2.24) is 9.97 Å². The largest absolute Gasteiger partial charge is 0.378 e. The molecule has 25 heavy (non-hydrogen) atoms. The van der Waals surface area contributed by atoms with Gasteiger partial charge in [-0.25, -0.2) is 18.5 Å². The Balaban J connectivity index is 1.55. The Labute approximate surface area is 147 Å². The third kappa shape index (κ3) is 4.88. The maximum Gasteiger partial charge on any atom is 0.238 e. The van der Waals surface area contributed by atoms with Crippen molar-refractivity contribution in [2.75, 3.05) is 43.1 Å². The van der Waals surface area contributed by atoms with Crippen molar-refractivity contribution in [3.63, 3.8) is 0 Å². The van der Waals surface area contributed by atoms with Crippen molar-refractivity contribution in [3.05, 3.63) is 42.1 Å². The Kier molecular flexibility index (Phi) is 5.47. The van der Waals surface area contributed by atoms with Crippen LogP contribution in [0.3, 0.4) is 0 Å². The van der Waals surface area contributed by atoms with Gasteiger partial charge in [-0.15, -0.1) is 0 Å². The number of anilines is 2. The van der Waals surface area contributed by atoms with E-state index >= 15 is 0 Å². The van der Waals surface area contributed by atoms with Gasteiger partial charge in [0.05, 0.1) is 18.1 Å². The summed E-state index contributed by atoms with van der Waals surface area (Å²) in [5, 5.41) is 8.28.